The third-order valence-electron chi connectivity index (χ3n) is 2.35. The molecule has 1 saturated heterocycles. The van der Waals surface area contributed by atoms with E-state index in [9.17, 15) is 0 Å². The summed E-state index contributed by atoms with van der Waals surface area (Å²) in [5, 5.41) is 8.05. The summed E-state index contributed by atoms with van der Waals surface area (Å²) in [6, 6.07) is 0. The van der Waals surface area contributed by atoms with Gasteiger partial charge in [0.25, 0.3) is 0 Å². The Balaban J connectivity index is 2.00. The van der Waals surface area contributed by atoms with Gasteiger partial charge >= 0.3 is 0 Å². The molecular weight excluding hydrogens is 198 g/mol. The Morgan fingerprint density at radius 1 is 1.50 bits per heavy atom. The third kappa shape index (κ3) is 2.27. The Morgan fingerprint density at radius 3 is 3.14 bits per heavy atom. The SMILES string of the molecule is NCCc1nnc(C2CCCSC2)o1. The number of rotatable bonds is 3. The number of thioether (sulfide) groups is 1. The van der Waals surface area contributed by atoms with E-state index in [0.717, 1.165) is 11.6 Å². The van der Waals surface area contributed by atoms with Crippen molar-refractivity contribution in [2.24, 2.45) is 5.73 Å². The number of hydrogen-bond acceptors (Lipinski definition) is 5. The molecule has 1 aromatic rings. The summed E-state index contributed by atoms with van der Waals surface area (Å²) in [6.45, 7) is 0.570. The van der Waals surface area contributed by atoms with Crippen LogP contribution in [0.15, 0.2) is 4.42 Å². The smallest absolute Gasteiger partial charge is 0.220 e. The van der Waals surface area contributed by atoms with Crippen LogP contribution in [0.2, 0.25) is 0 Å². The molecule has 0 bridgehead atoms. The van der Waals surface area contributed by atoms with Crippen LogP contribution in [0.3, 0.4) is 0 Å². The zero-order valence-electron chi connectivity index (χ0n) is 8.11. The fourth-order valence-corrected chi connectivity index (χ4v) is 2.72. The minimum Gasteiger partial charge on any atom is -0.425 e. The summed E-state index contributed by atoms with van der Waals surface area (Å²) in [5.41, 5.74) is 5.42. The van der Waals surface area contributed by atoms with Crippen molar-refractivity contribution in [3.8, 4) is 0 Å². The van der Waals surface area contributed by atoms with E-state index >= 15 is 0 Å². The molecule has 0 aromatic carbocycles. The Bertz CT molecular complexity index is 283. The monoisotopic (exact) mass is 213 g/mol. The summed E-state index contributed by atoms with van der Waals surface area (Å²) in [7, 11) is 0. The molecule has 0 saturated carbocycles. The minimum atomic E-state index is 0.466. The van der Waals surface area contributed by atoms with Crippen molar-refractivity contribution in [3.63, 3.8) is 0 Å². The third-order valence-corrected chi connectivity index (χ3v) is 3.57. The van der Waals surface area contributed by atoms with E-state index in [1.165, 1.54) is 18.6 Å². The van der Waals surface area contributed by atoms with Crippen LogP contribution in [0, 0.1) is 0 Å². The van der Waals surface area contributed by atoms with Crippen molar-refractivity contribution in [1.82, 2.24) is 10.2 Å². The van der Waals surface area contributed by atoms with Gasteiger partial charge in [-0.05, 0) is 18.6 Å². The van der Waals surface area contributed by atoms with Gasteiger partial charge in [0, 0.05) is 24.6 Å². The van der Waals surface area contributed by atoms with Gasteiger partial charge in [-0.3, -0.25) is 0 Å². The largest absolute Gasteiger partial charge is 0.425 e. The summed E-state index contributed by atoms with van der Waals surface area (Å²) >= 11 is 1.97. The van der Waals surface area contributed by atoms with Crippen molar-refractivity contribution in [2.45, 2.75) is 25.2 Å². The van der Waals surface area contributed by atoms with Gasteiger partial charge in [-0.1, -0.05) is 0 Å². The van der Waals surface area contributed by atoms with Crippen LogP contribution < -0.4 is 5.73 Å². The average Bonchev–Trinajstić information content (AvgIpc) is 2.68. The zero-order valence-corrected chi connectivity index (χ0v) is 8.92. The first kappa shape index (κ1) is 9.98. The normalized spacial score (nSPS) is 22.5. The van der Waals surface area contributed by atoms with Gasteiger partial charge in [0.15, 0.2) is 0 Å². The lowest BCUT2D eigenvalue weighted by atomic mass is 10.1. The highest BCUT2D eigenvalue weighted by Crippen LogP contribution is 2.30. The fraction of sp³-hybridized carbons (Fsp3) is 0.778. The molecule has 1 atom stereocenters. The Morgan fingerprint density at radius 2 is 2.43 bits per heavy atom. The Labute approximate surface area is 87.6 Å². The summed E-state index contributed by atoms with van der Waals surface area (Å²) < 4.78 is 5.55. The lowest BCUT2D eigenvalue weighted by molar-refractivity contribution is 0.414. The Kier molecular flexibility index (Phi) is 3.42. The fourth-order valence-electron chi connectivity index (χ4n) is 1.59. The highest BCUT2D eigenvalue weighted by molar-refractivity contribution is 7.99. The first-order chi connectivity index (χ1) is 6.90. The molecule has 2 rings (SSSR count). The minimum absolute atomic E-state index is 0.466. The zero-order chi connectivity index (χ0) is 9.80. The van der Waals surface area contributed by atoms with E-state index < -0.39 is 0 Å². The van der Waals surface area contributed by atoms with Gasteiger partial charge in [-0.15, -0.1) is 10.2 Å². The first-order valence-corrected chi connectivity index (χ1v) is 6.15. The van der Waals surface area contributed by atoms with Crippen molar-refractivity contribution in [3.05, 3.63) is 11.8 Å². The lowest BCUT2D eigenvalue weighted by Crippen LogP contribution is -2.08. The van der Waals surface area contributed by atoms with Crippen molar-refractivity contribution >= 4 is 11.8 Å². The molecule has 14 heavy (non-hydrogen) atoms. The van der Waals surface area contributed by atoms with Crippen molar-refractivity contribution in [1.29, 1.82) is 0 Å². The average molecular weight is 213 g/mol. The quantitative estimate of drug-likeness (QED) is 0.816. The van der Waals surface area contributed by atoms with Crippen LogP contribution in [-0.4, -0.2) is 28.2 Å². The molecule has 1 unspecified atom stereocenters. The second-order valence-electron chi connectivity index (χ2n) is 3.49. The molecule has 0 aliphatic carbocycles. The van der Waals surface area contributed by atoms with Gasteiger partial charge in [-0.25, -0.2) is 0 Å². The maximum atomic E-state index is 5.55. The van der Waals surface area contributed by atoms with Crippen LogP contribution in [0.5, 0.6) is 0 Å². The highest BCUT2D eigenvalue weighted by atomic mass is 32.2. The number of nitrogens with zero attached hydrogens (tertiary/aromatic N) is 2. The van der Waals surface area contributed by atoms with Crippen LogP contribution >= 0.6 is 11.8 Å². The standard InChI is InChI=1S/C9H15N3OS/c10-4-3-8-11-12-9(13-8)7-2-1-5-14-6-7/h7H,1-6,10H2. The topological polar surface area (TPSA) is 64.9 Å². The number of aromatic nitrogens is 2. The molecule has 4 nitrogen and oxygen atoms in total. The Hall–Kier alpha value is -0.550. The molecule has 0 radical (unpaired) electrons. The molecule has 1 aliphatic rings. The van der Waals surface area contributed by atoms with E-state index in [2.05, 4.69) is 10.2 Å². The van der Waals surface area contributed by atoms with Crippen LogP contribution in [0.4, 0.5) is 0 Å². The van der Waals surface area contributed by atoms with Crippen LogP contribution in [-0.2, 0) is 6.42 Å². The van der Waals surface area contributed by atoms with Crippen molar-refractivity contribution in [2.75, 3.05) is 18.1 Å². The summed E-state index contributed by atoms with van der Waals surface area (Å²) in [5.74, 6) is 4.33. The van der Waals surface area contributed by atoms with Crippen LogP contribution in [0.1, 0.15) is 30.5 Å². The maximum absolute atomic E-state index is 5.55. The maximum Gasteiger partial charge on any atom is 0.220 e. The molecule has 2 N–H and O–H groups in total. The van der Waals surface area contributed by atoms with Crippen molar-refractivity contribution < 1.29 is 4.42 Å². The van der Waals surface area contributed by atoms with Gasteiger partial charge in [-0.2, -0.15) is 11.8 Å². The molecule has 1 aromatic heterocycles. The molecule has 78 valence electrons. The number of nitrogens with two attached hydrogens (primary N) is 1. The first-order valence-electron chi connectivity index (χ1n) is 5.00. The molecular formula is C9H15N3OS. The second-order valence-corrected chi connectivity index (χ2v) is 4.64. The summed E-state index contributed by atoms with van der Waals surface area (Å²) in [4.78, 5) is 0. The van der Waals surface area contributed by atoms with Gasteiger partial charge < -0.3 is 10.2 Å². The van der Waals surface area contributed by atoms with Gasteiger partial charge in [0.05, 0.1) is 0 Å². The van der Waals surface area contributed by atoms with E-state index in [4.69, 9.17) is 10.2 Å². The predicted octanol–water partition coefficient (Wildman–Crippen LogP) is 1.18. The molecule has 5 heteroatoms. The second kappa shape index (κ2) is 4.79. The predicted molar refractivity (Wildman–Crippen MR) is 56.4 cm³/mol. The molecule has 0 amide bonds. The van der Waals surface area contributed by atoms with E-state index in [1.807, 2.05) is 11.8 Å². The van der Waals surface area contributed by atoms with Gasteiger partial charge in [0.1, 0.15) is 0 Å². The highest BCUT2D eigenvalue weighted by Gasteiger charge is 2.21. The summed E-state index contributed by atoms with van der Waals surface area (Å²) in [6.07, 6.45) is 3.12. The lowest BCUT2D eigenvalue weighted by Gasteiger charge is -2.17. The van der Waals surface area contributed by atoms with Crippen LogP contribution in [0.25, 0.3) is 0 Å². The molecule has 2 heterocycles. The molecule has 1 aliphatic heterocycles. The van der Waals surface area contributed by atoms with E-state index in [0.29, 0.717) is 24.8 Å². The molecule has 0 spiro atoms. The van der Waals surface area contributed by atoms with E-state index in [-0.39, 0.29) is 0 Å². The van der Waals surface area contributed by atoms with E-state index in [1.54, 1.807) is 0 Å². The molecule has 1 fully saturated rings. The van der Waals surface area contributed by atoms with Gasteiger partial charge in [0.2, 0.25) is 11.8 Å². The number of hydrogen-bond donors (Lipinski definition) is 1.